The molecule has 2 nitrogen and oxygen atoms in total. The molecule has 0 bridgehead atoms. The zero-order valence-electron chi connectivity index (χ0n) is 16.1. The van der Waals surface area contributed by atoms with Crippen molar-refractivity contribution in [1.29, 1.82) is 0 Å². The van der Waals surface area contributed by atoms with E-state index in [1.165, 1.54) is 29.5 Å². The van der Waals surface area contributed by atoms with Crippen LogP contribution in [0.15, 0.2) is 72.3 Å². The lowest BCUT2D eigenvalue weighted by Gasteiger charge is -2.52. The standard InChI is InChI=1S/C25H28O2/c1-23-13-8-14-25(26-17-18-27-25)22(23)19-24(16-15-23,20-9-4-2-5-10-20)21-11-6-3-7-12-21/h2-7,9-12,19H,8,13-18H2,1H3. The van der Waals surface area contributed by atoms with Crippen molar-refractivity contribution >= 4 is 0 Å². The molecule has 0 amide bonds. The van der Waals surface area contributed by atoms with Gasteiger partial charge in [0.25, 0.3) is 0 Å². The van der Waals surface area contributed by atoms with Gasteiger partial charge in [-0.25, -0.2) is 0 Å². The Morgan fingerprint density at radius 2 is 1.30 bits per heavy atom. The van der Waals surface area contributed by atoms with Crippen molar-refractivity contribution in [3.8, 4) is 0 Å². The van der Waals surface area contributed by atoms with Gasteiger partial charge in [-0.3, -0.25) is 0 Å². The lowest BCUT2D eigenvalue weighted by Crippen LogP contribution is -2.48. The predicted octanol–water partition coefficient (Wildman–Crippen LogP) is 5.63. The molecule has 0 N–H and O–H groups in total. The Labute approximate surface area is 162 Å². The van der Waals surface area contributed by atoms with E-state index in [4.69, 9.17) is 9.47 Å². The van der Waals surface area contributed by atoms with Gasteiger partial charge >= 0.3 is 0 Å². The van der Waals surface area contributed by atoms with Crippen molar-refractivity contribution in [2.45, 2.75) is 50.2 Å². The molecule has 2 heteroatoms. The summed E-state index contributed by atoms with van der Waals surface area (Å²) in [5.41, 5.74) is 4.18. The monoisotopic (exact) mass is 360 g/mol. The van der Waals surface area contributed by atoms with Crippen LogP contribution in [0.4, 0.5) is 0 Å². The summed E-state index contributed by atoms with van der Waals surface area (Å²) < 4.78 is 12.6. The van der Waals surface area contributed by atoms with Gasteiger partial charge < -0.3 is 9.47 Å². The second kappa shape index (κ2) is 6.32. The van der Waals surface area contributed by atoms with E-state index in [9.17, 15) is 0 Å². The second-order valence-electron chi connectivity index (χ2n) is 8.63. The minimum absolute atomic E-state index is 0.114. The molecule has 0 radical (unpaired) electrons. The fraction of sp³-hybridized carbons (Fsp3) is 0.440. The molecule has 1 atom stereocenters. The van der Waals surface area contributed by atoms with Gasteiger partial charge in [-0.15, -0.1) is 0 Å². The van der Waals surface area contributed by atoms with Crippen LogP contribution in [-0.2, 0) is 14.9 Å². The molecule has 2 aromatic carbocycles. The van der Waals surface area contributed by atoms with Gasteiger partial charge in [0.05, 0.1) is 13.2 Å². The van der Waals surface area contributed by atoms with E-state index in [1.54, 1.807) is 0 Å². The van der Waals surface area contributed by atoms with Crippen molar-refractivity contribution in [3.63, 3.8) is 0 Å². The molecule has 3 aliphatic rings. The number of rotatable bonds is 2. The normalized spacial score (nSPS) is 28.6. The quantitative estimate of drug-likeness (QED) is 0.647. The van der Waals surface area contributed by atoms with Crippen molar-refractivity contribution in [3.05, 3.63) is 83.4 Å². The summed E-state index contributed by atoms with van der Waals surface area (Å²) in [6.45, 7) is 3.83. The molecule has 140 valence electrons. The topological polar surface area (TPSA) is 18.5 Å². The number of hydrogen-bond donors (Lipinski definition) is 0. The third-order valence-electron chi connectivity index (χ3n) is 7.09. The van der Waals surface area contributed by atoms with Crippen LogP contribution in [0.25, 0.3) is 0 Å². The van der Waals surface area contributed by atoms with Crippen LogP contribution in [-0.4, -0.2) is 19.0 Å². The minimum Gasteiger partial charge on any atom is -0.344 e. The Bertz CT molecular complexity index is 794. The summed E-state index contributed by atoms with van der Waals surface area (Å²) in [5, 5.41) is 0. The number of hydrogen-bond acceptors (Lipinski definition) is 2. The van der Waals surface area contributed by atoms with Gasteiger partial charge in [-0.1, -0.05) is 73.7 Å². The first-order valence-corrected chi connectivity index (χ1v) is 10.3. The second-order valence-corrected chi connectivity index (χ2v) is 8.63. The molecule has 2 fully saturated rings. The number of ether oxygens (including phenoxy) is 2. The smallest absolute Gasteiger partial charge is 0.191 e. The molecule has 1 spiro atoms. The summed E-state index contributed by atoms with van der Waals surface area (Å²) in [6, 6.07) is 21.9. The van der Waals surface area contributed by atoms with Crippen LogP contribution in [0.2, 0.25) is 0 Å². The van der Waals surface area contributed by atoms with Gasteiger partial charge in [0, 0.05) is 11.8 Å². The van der Waals surface area contributed by atoms with Crippen LogP contribution in [0.3, 0.4) is 0 Å². The van der Waals surface area contributed by atoms with Crippen LogP contribution in [0.5, 0.6) is 0 Å². The van der Waals surface area contributed by atoms with Gasteiger partial charge in [-0.2, -0.15) is 0 Å². The van der Waals surface area contributed by atoms with Crippen molar-refractivity contribution in [2.24, 2.45) is 5.41 Å². The Kier molecular flexibility index (Phi) is 4.03. The fourth-order valence-electron chi connectivity index (χ4n) is 5.62. The molecule has 2 aliphatic carbocycles. The SMILES string of the molecule is CC12CCCC3(OCCO3)C1=CC(c1ccccc1)(c1ccccc1)CC2. The van der Waals surface area contributed by atoms with Crippen LogP contribution in [0, 0.1) is 5.41 Å². The highest BCUT2D eigenvalue weighted by Gasteiger charge is 2.54. The fourth-order valence-corrected chi connectivity index (χ4v) is 5.62. The molecule has 27 heavy (non-hydrogen) atoms. The summed E-state index contributed by atoms with van der Waals surface area (Å²) >= 11 is 0. The molecular formula is C25H28O2. The first-order valence-electron chi connectivity index (χ1n) is 10.3. The van der Waals surface area contributed by atoms with Gasteiger partial charge in [-0.05, 0) is 47.8 Å². The van der Waals surface area contributed by atoms with E-state index < -0.39 is 5.79 Å². The molecule has 1 aliphatic heterocycles. The number of benzene rings is 2. The molecule has 1 unspecified atom stereocenters. The summed E-state index contributed by atoms with van der Waals surface area (Å²) in [7, 11) is 0. The molecular weight excluding hydrogens is 332 g/mol. The largest absolute Gasteiger partial charge is 0.344 e. The van der Waals surface area contributed by atoms with Crippen molar-refractivity contribution < 1.29 is 9.47 Å². The Morgan fingerprint density at radius 1 is 0.704 bits per heavy atom. The lowest BCUT2D eigenvalue weighted by molar-refractivity contribution is -0.158. The average molecular weight is 360 g/mol. The van der Waals surface area contributed by atoms with Crippen LogP contribution in [0.1, 0.15) is 50.2 Å². The van der Waals surface area contributed by atoms with E-state index in [2.05, 4.69) is 73.7 Å². The third kappa shape index (κ3) is 2.61. The molecule has 1 heterocycles. The highest BCUT2D eigenvalue weighted by molar-refractivity contribution is 5.49. The van der Waals surface area contributed by atoms with E-state index in [1.807, 2.05) is 0 Å². The van der Waals surface area contributed by atoms with Crippen LogP contribution < -0.4 is 0 Å². The molecule has 2 aromatic rings. The van der Waals surface area contributed by atoms with Gasteiger partial charge in [0.2, 0.25) is 0 Å². The van der Waals surface area contributed by atoms with Crippen molar-refractivity contribution in [2.75, 3.05) is 13.2 Å². The lowest BCUT2D eigenvalue weighted by atomic mass is 9.56. The maximum Gasteiger partial charge on any atom is 0.191 e. The highest BCUT2D eigenvalue weighted by atomic mass is 16.7. The first-order chi connectivity index (χ1) is 13.2. The third-order valence-corrected chi connectivity index (χ3v) is 7.09. The molecule has 0 aromatic heterocycles. The zero-order valence-corrected chi connectivity index (χ0v) is 16.1. The van der Waals surface area contributed by atoms with E-state index in [0.717, 1.165) is 19.3 Å². The molecule has 1 saturated heterocycles. The van der Waals surface area contributed by atoms with Crippen molar-refractivity contribution in [1.82, 2.24) is 0 Å². The molecule has 1 saturated carbocycles. The Balaban J connectivity index is 1.74. The minimum atomic E-state index is -0.498. The highest BCUT2D eigenvalue weighted by Crippen LogP contribution is 2.58. The first kappa shape index (κ1) is 17.2. The maximum absolute atomic E-state index is 6.29. The predicted molar refractivity (Wildman–Crippen MR) is 108 cm³/mol. The number of fused-ring (bicyclic) bond motifs is 2. The summed E-state index contributed by atoms with van der Waals surface area (Å²) in [5.74, 6) is -0.498. The Hall–Kier alpha value is -1.90. The number of allylic oxidation sites excluding steroid dienone is 1. The Morgan fingerprint density at radius 3 is 1.89 bits per heavy atom. The van der Waals surface area contributed by atoms with Gasteiger partial charge in [0.15, 0.2) is 5.79 Å². The van der Waals surface area contributed by atoms with Crippen LogP contribution >= 0.6 is 0 Å². The molecule has 5 rings (SSSR count). The average Bonchev–Trinajstić information content (AvgIpc) is 3.18. The summed E-state index contributed by atoms with van der Waals surface area (Å²) in [4.78, 5) is 0. The van der Waals surface area contributed by atoms with Gasteiger partial charge in [0.1, 0.15) is 0 Å². The van der Waals surface area contributed by atoms with E-state index >= 15 is 0 Å². The maximum atomic E-state index is 6.29. The van der Waals surface area contributed by atoms with E-state index in [0.29, 0.717) is 13.2 Å². The summed E-state index contributed by atoms with van der Waals surface area (Å²) in [6.07, 6.45) is 8.21. The van der Waals surface area contributed by atoms with E-state index in [-0.39, 0.29) is 10.8 Å². The zero-order chi connectivity index (χ0) is 18.4.